The summed E-state index contributed by atoms with van der Waals surface area (Å²) in [5.74, 6) is -0.763. The van der Waals surface area contributed by atoms with Gasteiger partial charge in [-0.05, 0) is 11.6 Å². The first kappa shape index (κ1) is 15.6. The van der Waals surface area contributed by atoms with E-state index in [1.807, 2.05) is 0 Å². The minimum absolute atomic E-state index is 0.261. The second-order valence-electron chi connectivity index (χ2n) is 4.10. The largest absolute Gasteiger partial charge is 0.534 e. The highest BCUT2D eigenvalue weighted by molar-refractivity contribution is 7.87. The van der Waals surface area contributed by atoms with Crippen LogP contribution >= 0.6 is 0 Å². The summed E-state index contributed by atoms with van der Waals surface area (Å²) in [5, 5.41) is 0. The van der Waals surface area contributed by atoms with Crippen molar-refractivity contribution in [2.45, 2.75) is 19.4 Å². The Hall–Kier alpha value is -1.50. The van der Waals surface area contributed by atoms with Crippen molar-refractivity contribution < 1.29 is 25.8 Å². The molecule has 0 radical (unpaired) electrons. The zero-order valence-corrected chi connectivity index (χ0v) is 11.1. The molecule has 0 aliphatic rings. The Balaban J connectivity index is 3.09. The Bertz CT molecular complexity index is 545. The van der Waals surface area contributed by atoms with E-state index < -0.39 is 21.5 Å². The minimum Gasteiger partial charge on any atom is -0.380 e. The van der Waals surface area contributed by atoms with Gasteiger partial charge in [0.15, 0.2) is 0 Å². The monoisotopic (exact) mass is 294 g/mol. The molecule has 0 atom stereocenters. The Kier molecular flexibility index (Phi) is 4.62. The maximum absolute atomic E-state index is 12.3. The number of halogens is 3. The van der Waals surface area contributed by atoms with E-state index in [2.05, 4.69) is 4.18 Å². The zero-order chi connectivity index (χ0) is 14.7. The average molecular weight is 294 g/mol. The van der Waals surface area contributed by atoms with Crippen LogP contribution in [0, 0.1) is 5.92 Å². The molecule has 0 N–H and O–H groups in total. The van der Waals surface area contributed by atoms with Crippen molar-refractivity contribution in [2.24, 2.45) is 5.92 Å². The molecule has 0 aromatic heterocycles. The molecule has 0 amide bonds. The van der Waals surface area contributed by atoms with Crippen molar-refractivity contribution >= 4 is 16.2 Å². The molecule has 106 valence electrons. The quantitative estimate of drug-likeness (QED) is 0.484. The third-order valence-corrected chi connectivity index (χ3v) is 3.15. The summed E-state index contributed by atoms with van der Waals surface area (Å²) in [6.07, 6.45) is 1.27. The van der Waals surface area contributed by atoms with Crippen molar-refractivity contribution in [1.29, 1.82) is 0 Å². The van der Waals surface area contributed by atoms with E-state index in [1.165, 1.54) is 6.08 Å². The van der Waals surface area contributed by atoms with Gasteiger partial charge in [-0.1, -0.05) is 44.2 Å². The van der Waals surface area contributed by atoms with E-state index in [0.717, 1.165) is 0 Å². The smallest absolute Gasteiger partial charge is 0.380 e. The van der Waals surface area contributed by atoms with E-state index in [1.54, 1.807) is 44.2 Å². The lowest BCUT2D eigenvalue weighted by Gasteiger charge is -2.15. The van der Waals surface area contributed by atoms with Gasteiger partial charge in [0.1, 0.15) is 5.76 Å². The van der Waals surface area contributed by atoms with Crippen molar-refractivity contribution in [3.63, 3.8) is 0 Å². The fraction of sp³-hybridized carbons (Fsp3) is 0.333. The van der Waals surface area contributed by atoms with Crippen molar-refractivity contribution in [1.82, 2.24) is 0 Å². The standard InChI is InChI=1S/C12H13F3O3S/c1-9(2)11(8-10-6-4-3-5-7-10)18-19(16,17)12(13,14)15/h3-9H,1-2H3. The van der Waals surface area contributed by atoms with Crippen LogP contribution in [0.15, 0.2) is 36.1 Å². The lowest BCUT2D eigenvalue weighted by molar-refractivity contribution is -0.0525. The van der Waals surface area contributed by atoms with Crippen LogP contribution in [-0.2, 0) is 14.3 Å². The molecule has 0 bridgehead atoms. The third-order valence-electron chi connectivity index (χ3n) is 2.17. The van der Waals surface area contributed by atoms with Gasteiger partial charge in [0.25, 0.3) is 0 Å². The topological polar surface area (TPSA) is 43.4 Å². The molecule has 0 unspecified atom stereocenters. The Labute approximate surface area is 109 Å². The van der Waals surface area contributed by atoms with Crippen molar-refractivity contribution in [3.05, 3.63) is 41.7 Å². The predicted octanol–water partition coefficient (Wildman–Crippen LogP) is 3.55. The lowest BCUT2D eigenvalue weighted by atomic mass is 10.1. The molecular weight excluding hydrogens is 281 g/mol. The van der Waals surface area contributed by atoms with Gasteiger partial charge in [-0.15, -0.1) is 0 Å². The molecule has 0 spiro atoms. The number of hydrogen-bond acceptors (Lipinski definition) is 3. The van der Waals surface area contributed by atoms with Gasteiger partial charge in [0, 0.05) is 5.92 Å². The van der Waals surface area contributed by atoms with Crippen LogP contribution in [-0.4, -0.2) is 13.9 Å². The van der Waals surface area contributed by atoms with E-state index >= 15 is 0 Å². The Morgan fingerprint density at radius 2 is 1.74 bits per heavy atom. The number of benzene rings is 1. The SMILES string of the molecule is CC(C)C(=Cc1ccccc1)OS(=O)(=O)C(F)(F)F. The number of allylic oxidation sites excluding steroid dienone is 1. The highest BCUT2D eigenvalue weighted by Crippen LogP contribution is 2.29. The highest BCUT2D eigenvalue weighted by atomic mass is 32.2. The molecule has 19 heavy (non-hydrogen) atoms. The van der Waals surface area contributed by atoms with E-state index in [-0.39, 0.29) is 5.76 Å². The molecular formula is C12H13F3O3S. The van der Waals surface area contributed by atoms with Gasteiger partial charge in [0.2, 0.25) is 0 Å². The van der Waals surface area contributed by atoms with Crippen LogP contribution in [0.5, 0.6) is 0 Å². The average Bonchev–Trinajstić information content (AvgIpc) is 2.27. The summed E-state index contributed by atoms with van der Waals surface area (Å²) < 4.78 is 62.9. The molecule has 0 fully saturated rings. The van der Waals surface area contributed by atoms with Crippen LogP contribution in [0.25, 0.3) is 6.08 Å². The summed E-state index contributed by atoms with van der Waals surface area (Å²) in [4.78, 5) is 0. The number of hydrogen-bond donors (Lipinski definition) is 0. The molecule has 0 heterocycles. The van der Waals surface area contributed by atoms with Gasteiger partial charge >= 0.3 is 15.6 Å². The molecule has 0 saturated heterocycles. The molecule has 0 saturated carbocycles. The lowest BCUT2D eigenvalue weighted by Crippen LogP contribution is -2.26. The normalized spacial score (nSPS) is 13.7. The maximum Gasteiger partial charge on any atom is 0.534 e. The van der Waals surface area contributed by atoms with Crippen molar-refractivity contribution in [2.75, 3.05) is 0 Å². The van der Waals surface area contributed by atoms with Crippen LogP contribution in [0.2, 0.25) is 0 Å². The minimum atomic E-state index is -5.63. The second-order valence-corrected chi connectivity index (χ2v) is 5.63. The van der Waals surface area contributed by atoms with Gasteiger partial charge in [-0.25, -0.2) is 0 Å². The summed E-state index contributed by atoms with van der Waals surface area (Å²) in [7, 11) is -5.63. The van der Waals surface area contributed by atoms with Crippen LogP contribution in [0.1, 0.15) is 19.4 Å². The summed E-state index contributed by atoms with van der Waals surface area (Å²) in [6, 6.07) is 8.36. The molecule has 1 aromatic carbocycles. The first-order chi connectivity index (χ1) is 8.63. The molecule has 1 aromatic rings. The number of rotatable bonds is 4. The molecule has 1 rings (SSSR count). The summed E-state index contributed by atoms with van der Waals surface area (Å²) in [5.41, 5.74) is -4.87. The second kappa shape index (κ2) is 5.64. The molecule has 0 aliphatic carbocycles. The Morgan fingerprint density at radius 3 is 2.16 bits per heavy atom. The highest BCUT2D eigenvalue weighted by Gasteiger charge is 2.49. The van der Waals surface area contributed by atoms with Crippen LogP contribution < -0.4 is 0 Å². The number of alkyl halides is 3. The van der Waals surface area contributed by atoms with E-state index in [0.29, 0.717) is 5.56 Å². The van der Waals surface area contributed by atoms with Gasteiger partial charge < -0.3 is 4.18 Å². The van der Waals surface area contributed by atoms with E-state index in [9.17, 15) is 21.6 Å². The van der Waals surface area contributed by atoms with Crippen LogP contribution in [0.3, 0.4) is 0 Å². The van der Waals surface area contributed by atoms with Gasteiger partial charge in [0.05, 0.1) is 0 Å². The molecule has 0 aliphatic heterocycles. The Morgan fingerprint density at radius 1 is 1.21 bits per heavy atom. The van der Waals surface area contributed by atoms with Gasteiger partial charge in [-0.3, -0.25) is 0 Å². The summed E-state index contributed by atoms with van der Waals surface area (Å²) >= 11 is 0. The first-order valence-electron chi connectivity index (χ1n) is 5.41. The molecule has 7 heteroatoms. The van der Waals surface area contributed by atoms with Crippen molar-refractivity contribution in [3.8, 4) is 0 Å². The van der Waals surface area contributed by atoms with Crippen LogP contribution in [0.4, 0.5) is 13.2 Å². The summed E-state index contributed by atoms with van der Waals surface area (Å²) in [6.45, 7) is 3.08. The predicted molar refractivity (Wildman–Crippen MR) is 65.3 cm³/mol. The third kappa shape index (κ3) is 4.27. The zero-order valence-electron chi connectivity index (χ0n) is 10.3. The molecule has 3 nitrogen and oxygen atoms in total. The van der Waals surface area contributed by atoms with E-state index in [4.69, 9.17) is 0 Å². The maximum atomic E-state index is 12.3. The fourth-order valence-corrected chi connectivity index (χ4v) is 1.76. The van der Waals surface area contributed by atoms with Gasteiger partial charge in [-0.2, -0.15) is 21.6 Å². The fourth-order valence-electron chi connectivity index (χ4n) is 1.17. The first-order valence-corrected chi connectivity index (χ1v) is 6.81.